The molecule has 1 saturated carbocycles. The Hall–Kier alpha value is -2.77. The van der Waals surface area contributed by atoms with Crippen molar-refractivity contribution >= 4 is 17.4 Å². The Bertz CT molecular complexity index is 979. The maximum Gasteiger partial charge on any atom is 0.233 e. The number of carbonyl (C=O) groups is 2. The summed E-state index contributed by atoms with van der Waals surface area (Å²) in [5.74, 6) is -2.18. The number of anilines is 1. The van der Waals surface area contributed by atoms with E-state index in [0.717, 1.165) is 18.2 Å². The fourth-order valence-electron chi connectivity index (χ4n) is 4.72. The van der Waals surface area contributed by atoms with Crippen LogP contribution in [0, 0.1) is 29.9 Å². The number of Topliss-reactive ketones (excluding diaryl/α,β-unsaturated/α-hetero) is 1. The fourth-order valence-corrected chi connectivity index (χ4v) is 4.72. The molecule has 1 saturated heterocycles. The lowest BCUT2D eigenvalue weighted by molar-refractivity contribution is -0.129. The van der Waals surface area contributed by atoms with Crippen LogP contribution in [0.5, 0.6) is 0 Å². The third-order valence-corrected chi connectivity index (χ3v) is 6.24. The minimum absolute atomic E-state index is 0.0404. The molecule has 0 bridgehead atoms. The Labute approximate surface area is 172 Å². The van der Waals surface area contributed by atoms with Crippen LogP contribution in [0.2, 0.25) is 0 Å². The SMILES string of the molecule is Cc1nccc(C(=O)CC2CC3(CCC2F)CCN(c2cc(F)cc(F)c2)C3=O)n1. The zero-order valence-corrected chi connectivity index (χ0v) is 16.6. The number of hydrogen-bond acceptors (Lipinski definition) is 4. The van der Waals surface area contributed by atoms with Gasteiger partial charge in [0.25, 0.3) is 0 Å². The molecule has 1 spiro atoms. The van der Waals surface area contributed by atoms with Crippen LogP contribution in [-0.4, -0.2) is 34.4 Å². The topological polar surface area (TPSA) is 63.2 Å². The summed E-state index contributed by atoms with van der Waals surface area (Å²) in [6.45, 7) is 1.98. The smallest absolute Gasteiger partial charge is 0.233 e. The average Bonchev–Trinajstić information content (AvgIpc) is 3.00. The Morgan fingerprint density at radius 1 is 1.23 bits per heavy atom. The second-order valence-electron chi connectivity index (χ2n) is 8.25. The number of benzene rings is 1. The average molecular weight is 417 g/mol. The van der Waals surface area contributed by atoms with Crippen molar-refractivity contribution in [1.29, 1.82) is 0 Å². The van der Waals surface area contributed by atoms with Crippen LogP contribution in [0.15, 0.2) is 30.5 Å². The zero-order valence-electron chi connectivity index (χ0n) is 16.6. The summed E-state index contributed by atoms with van der Waals surface area (Å²) in [4.78, 5) is 35.3. The van der Waals surface area contributed by atoms with E-state index >= 15 is 0 Å². The number of carbonyl (C=O) groups excluding carboxylic acids is 2. The van der Waals surface area contributed by atoms with Crippen LogP contribution >= 0.6 is 0 Å². The van der Waals surface area contributed by atoms with Gasteiger partial charge in [0.1, 0.15) is 29.3 Å². The van der Waals surface area contributed by atoms with E-state index in [1.54, 1.807) is 6.92 Å². The van der Waals surface area contributed by atoms with Gasteiger partial charge < -0.3 is 4.90 Å². The third-order valence-electron chi connectivity index (χ3n) is 6.24. The van der Waals surface area contributed by atoms with Crippen molar-refractivity contribution < 1.29 is 22.8 Å². The molecule has 2 heterocycles. The maximum absolute atomic E-state index is 14.7. The van der Waals surface area contributed by atoms with Gasteiger partial charge in [0.05, 0.1) is 5.41 Å². The van der Waals surface area contributed by atoms with Gasteiger partial charge in [-0.1, -0.05) is 0 Å². The van der Waals surface area contributed by atoms with Gasteiger partial charge in [0.15, 0.2) is 5.78 Å². The Morgan fingerprint density at radius 3 is 2.67 bits per heavy atom. The van der Waals surface area contributed by atoms with Crippen LogP contribution in [0.3, 0.4) is 0 Å². The van der Waals surface area contributed by atoms with Crippen molar-refractivity contribution in [3.63, 3.8) is 0 Å². The molecule has 2 fully saturated rings. The van der Waals surface area contributed by atoms with Crippen molar-refractivity contribution in [2.75, 3.05) is 11.4 Å². The monoisotopic (exact) mass is 417 g/mol. The Morgan fingerprint density at radius 2 is 1.97 bits per heavy atom. The van der Waals surface area contributed by atoms with Gasteiger partial charge in [0, 0.05) is 30.9 Å². The molecule has 3 atom stereocenters. The standard InChI is InChI=1S/C22H22F3N3O2/c1-13-26-6-3-19(27-13)20(29)8-14-12-22(4-2-18(14)25)5-7-28(21(22)30)17-10-15(23)9-16(24)11-17/h3,6,9-11,14,18H,2,4-5,7-8,12H2,1H3. The maximum atomic E-state index is 14.7. The summed E-state index contributed by atoms with van der Waals surface area (Å²) >= 11 is 0. The summed E-state index contributed by atoms with van der Waals surface area (Å²) in [5, 5.41) is 0. The van der Waals surface area contributed by atoms with E-state index in [1.165, 1.54) is 17.2 Å². The number of ketones is 1. The number of aryl methyl sites for hydroxylation is 1. The molecule has 2 aliphatic rings. The second kappa shape index (κ2) is 7.81. The first-order chi connectivity index (χ1) is 14.3. The van der Waals surface area contributed by atoms with E-state index in [4.69, 9.17) is 0 Å². The molecule has 30 heavy (non-hydrogen) atoms. The minimum atomic E-state index is -1.18. The second-order valence-corrected chi connectivity index (χ2v) is 8.25. The van der Waals surface area contributed by atoms with Crippen molar-refractivity contribution in [2.24, 2.45) is 11.3 Å². The molecule has 8 heteroatoms. The first-order valence-electron chi connectivity index (χ1n) is 10.0. The highest BCUT2D eigenvalue weighted by atomic mass is 19.1. The molecule has 4 rings (SSSR count). The normalized spacial score (nSPS) is 26.4. The lowest BCUT2D eigenvalue weighted by atomic mass is 9.66. The molecule has 158 valence electrons. The molecule has 1 aromatic heterocycles. The summed E-state index contributed by atoms with van der Waals surface area (Å²) < 4.78 is 41.9. The van der Waals surface area contributed by atoms with Gasteiger partial charge in [-0.05, 0) is 56.7 Å². The summed E-state index contributed by atoms with van der Waals surface area (Å²) in [6, 6.07) is 4.51. The van der Waals surface area contributed by atoms with E-state index in [9.17, 15) is 22.8 Å². The van der Waals surface area contributed by atoms with Crippen LogP contribution in [-0.2, 0) is 4.79 Å². The number of hydrogen-bond donors (Lipinski definition) is 0. The molecule has 3 unspecified atom stereocenters. The molecule has 1 aromatic carbocycles. The van der Waals surface area contributed by atoms with Crippen LogP contribution in [0.1, 0.15) is 48.4 Å². The lowest BCUT2D eigenvalue weighted by Gasteiger charge is -2.38. The predicted molar refractivity (Wildman–Crippen MR) is 104 cm³/mol. The first kappa shape index (κ1) is 20.5. The number of nitrogens with zero attached hydrogens (tertiary/aromatic N) is 3. The molecule has 1 aliphatic heterocycles. The Kier molecular flexibility index (Phi) is 5.34. The highest BCUT2D eigenvalue weighted by molar-refractivity contribution is 6.00. The number of halogens is 3. The summed E-state index contributed by atoms with van der Waals surface area (Å²) in [6.07, 6.45) is 1.50. The number of aromatic nitrogens is 2. The van der Waals surface area contributed by atoms with Crippen LogP contribution < -0.4 is 4.90 Å². The molecule has 1 aliphatic carbocycles. The van der Waals surface area contributed by atoms with E-state index in [-0.39, 0.29) is 42.3 Å². The van der Waals surface area contributed by atoms with Crippen molar-refractivity contribution in [3.8, 4) is 0 Å². The van der Waals surface area contributed by atoms with Gasteiger partial charge in [-0.15, -0.1) is 0 Å². The zero-order chi connectivity index (χ0) is 21.5. The molecule has 1 amide bonds. The number of alkyl halides is 1. The van der Waals surface area contributed by atoms with Crippen molar-refractivity contribution in [3.05, 3.63) is 53.6 Å². The van der Waals surface area contributed by atoms with Gasteiger partial charge in [0.2, 0.25) is 5.91 Å². The molecule has 0 N–H and O–H groups in total. The van der Waals surface area contributed by atoms with Crippen molar-refractivity contribution in [1.82, 2.24) is 9.97 Å². The quantitative estimate of drug-likeness (QED) is 0.700. The number of amides is 1. The van der Waals surface area contributed by atoms with Gasteiger partial charge in [-0.25, -0.2) is 23.1 Å². The highest BCUT2D eigenvalue weighted by Crippen LogP contribution is 2.49. The predicted octanol–water partition coefficient (Wildman–Crippen LogP) is 4.20. The minimum Gasteiger partial charge on any atom is -0.312 e. The van der Waals surface area contributed by atoms with Gasteiger partial charge >= 0.3 is 0 Å². The van der Waals surface area contributed by atoms with E-state index < -0.39 is 29.1 Å². The van der Waals surface area contributed by atoms with Crippen LogP contribution in [0.4, 0.5) is 18.9 Å². The lowest BCUT2D eigenvalue weighted by Crippen LogP contribution is -2.42. The largest absolute Gasteiger partial charge is 0.312 e. The van der Waals surface area contributed by atoms with Gasteiger partial charge in [-0.2, -0.15) is 0 Å². The molecular formula is C22H22F3N3O2. The van der Waals surface area contributed by atoms with Crippen LogP contribution in [0.25, 0.3) is 0 Å². The third kappa shape index (κ3) is 3.82. The summed E-state index contributed by atoms with van der Waals surface area (Å²) in [7, 11) is 0. The number of rotatable bonds is 4. The van der Waals surface area contributed by atoms with Crippen molar-refractivity contribution in [2.45, 2.75) is 45.2 Å². The van der Waals surface area contributed by atoms with E-state index in [1.807, 2.05) is 0 Å². The molecule has 2 aromatic rings. The molecule has 5 nitrogen and oxygen atoms in total. The summed E-state index contributed by atoms with van der Waals surface area (Å²) in [5.41, 5.74) is -0.400. The fraction of sp³-hybridized carbons (Fsp3) is 0.455. The highest BCUT2D eigenvalue weighted by Gasteiger charge is 2.52. The molecule has 0 radical (unpaired) electrons. The first-order valence-corrected chi connectivity index (χ1v) is 10.0. The Balaban J connectivity index is 1.52. The molecular weight excluding hydrogens is 395 g/mol. The van der Waals surface area contributed by atoms with Gasteiger partial charge in [-0.3, -0.25) is 9.59 Å². The van der Waals surface area contributed by atoms with E-state index in [2.05, 4.69) is 9.97 Å². The van der Waals surface area contributed by atoms with E-state index in [0.29, 0.717) is 25.2 Å².